The third-order valence-corrected chi connectivity index (χ3v) is 7.51. The molecule has 1 aliphatic carbocycles. The maximum Gasteiger partial charge on any atom is 0.264 e. The Kier molecular flexibility index (Phi) is 5.14. The maximum absolute atomic E-state index is 12.4. The van der Waals surface area contributed by atoms with Crippen molar-refractivity contribution in [3.05, 3.63) is 93.2 Å². The summed E-state index contributed by atoms with van der Waals surface area (Å²) in [5.74, 6) is -0.139. The largest absolute Gasteiger partial charge is 0.476 e. The van der Waals surface area contributed by atoms with Crippen molar-refractivity contribution in [1.29, 1.82) is 0 Å². The lowest BCUT2D eigenvalue weighted by Crippen LogP contribution is -2.53. The number of pyridine rings is 1. The van der Waals surface area contributed by atoms with E-state index in [-0.39, 0.29) is 12.1 Å². The van der Waals surface area contributed by atoms with E-state index in [2.05, 4.69) is 20.9 Å². The van der Waals surface area contributed by atoms with Crippen LogP contribution in [0.4, 0.5) is 0 Å². The van der Waals surface area contributed by atoms with Crippen LogP contribution in [0, 0.1) is 0 Å². The highest BCUT2D eigenvalue weighted by Crippen LogP contribution is 2.67. The number of ether oxygens (including phenoxy) is 1. The summed E-state index contributed by atoms with van der Waals surface area (Å²) in [6, 6.07) is 18.5. The van der Waals surface area contributed by atoms with E-state index in [1.807, 2.05) is 54.6 Å². The van der Waals surface area contributed by atoms with Crippen LogP contribution in [0.2, 0.25) is 5.02 Å². The number of fused-ring (bicyclic) bond motifs is 3. The predicted molar refractivity (Wildman–Crippen MR) is 123 cm³/mol. The average molecular weight is 537 g/mol. The zero-order chi connectivity index (χ0) is 22.7. The SMILES string of the molecule is CS(=O)(=O)O[C@@H]1C[C@@H](c2ccccc2)[C@]2(c3ccc(Br)cc3)Oc3cc(Cl)cnc3[C@]12O. The summed E-state index contributed by atoms with van der Waals surface area (Å²) in [7, 11) is -3.89. The zero-order valence-corrected chi connectivity index (χ0v) is 20.1. The number of hydrogen-bond donors (Lipinski definition) is 1. The van der Waals surface area contributed by atoms with Crippen LogP contribution in [0.15, 0.2) is 71.3 Å². The maximum atomic E-state index is 12.4. The molecule has 0 amide bonds. The Balaban J connectivity index is 1.82. The van der Waals surface area contributed by atoms with Crippen molar-refractivity contribution >= 4 is 37.6 Å². The van der Waals surface area contributed by atoms with Crippen molar-refractivity contribution in [3.8, 4) is 5.75 Å². The van der Waals surface area contributed by atoms with Crippen LogP contribution in [0.1, 0.15) is 29.2 Å². The van der Waals surface area contributed by atoms with Gasteiger partial charge in [0, 0.05) is 22.7 Å². The minimum absolute atomic E-state index is 0.202. The molecule has 0 unspecified atom stereocenters. The van der Waals surface area contributed by atoms with Crippen molar-refractivity contribution < 1.29 is 22.4 Å². The van der Waals surface area contributed by atoms with E-state index < -0.39 is 33.3 Å². The predicted octanol–water partition coefficient (Wildman–Crippen LogP) is 4.51. The Morgan fingerprint density at radius 1 is 1.19 bits per heavy atom. The van der Waals surface area contributed by atoms with Crippen LogP contribution < -0.4 is 4.74 Å². The number of hydrogen-bond acceptors (Lipinski definition) is 6. The normalized spacial score (nSPS) is 28.8. The molecule has 0 radical (unpaired) electrons. The van der Waals surface area contributed by atoms with E-state index in [0.717, 1.165) is 16.3 Å². The van der Waals surface area contributed by atoms with E-state index in [0.29, 0.717) is 16.3 Å². The molecular weight excluding hydrogens is 518 g/mol. The molecule has 32 heavy (non-hydrogen) atoms. The van der Waals surface area contributed by atoms with Crippen LogP contribution in [0.3, 0.4) is 0 Å². The van der Waals surface area contributed by atoms with Crippen molar-refractivity contribution in [2.75, 3.05) is 6.26 Å². The summed E-state index contributed by atoms with van der Waals surface area (Å²) >= 11 is 9.63. The van der Waals surface area contributed by atoms with E-state index in [4.69, 9.17) is 20.5 Å². The molecule has 3 aromatic rings. The van der Waals surface area contributed by atoms with Gasteiger partial charge in [-0.05, 0) is 29.7 Å². The van der Waals surface area contributed by atoms with Gasteiger partial charge in [-0.15, -0.1) is 0 Å². The monoisotopic (exact) mass is 535 g/mol. The molecule has 1 N–H and O–H groups in total. The van der Waals surface area contributed by atoms with E-state index in [9.17, 15) is 13.5 Å². The first-order valence-corrected chi connectivity index (χ1v) is 12.9. The third-order valence-electron chi connectivity index (χ3n) is 6.19. The lowest BCUT2D eigenvalue weighted by molar-refractivity contribution is -0.143. The smallest absolute Gasteiger partial charge is 0.264 e. The molecule has 9 heteroatoms. The van der Waals surface area contributed by atoms with Gasteiger partial charge in [-0.1, -0.05) is 70.0 Å². The number of halogens is 2. The molecule has 2 heterocycles. The van der Waals surface area contributed by atoms with Crippen LogP contribution >= 0.6 is 27.5 Å². The summed E-state index contributed by atoms with van der Waals surface area (Å²) in [6.45, 7) is 0. The lowest BCUT2D eigenvalue weighted by Gasteiger charge is -2.40. The number of nitrogens with zero attached hydrogens (tertiary/aromatic N) is 1. The third kappa shape index (κ3) is 3.20. The Morgan fingerprint density at radius 2 is 1.88 bits per heavy atom. The van der Waals surface area contributed by atoms with Gasteiger partial charge in [-0.25, -0.2) is 0 Å². The fourth-order valence-electron chi connectivity index (χ4n) is 5.04. The highest BCUT2D eigenvalue weighted by molar-refractivity contribution is 9.10. The minimum atomic E-state index is -3.89. The fraction of sp³-hybridized carbons (Fsp3) is 0.261. The van der Waals surface area contributed by atoms with E-state index >= 15 is 0 Å². The van der Waals surface area contributed by atoms with Gasteiger partial charge in [0.05, 0.1) is 11.3 Å². The number of rotatable bonds is 4. The van der Waals surface area contributed by atoms with Crippen LogP contribution in [-0.4, -0.2) is 30.9 Å². The van der Waals surface area contributed by atoms with Gasteiger partial charge in [0.25, 0.3) is 10.1 Å². The molecule has 6 nitrogen and oxygen atoms in total. The minimum Gasteiger partial charge on any atom is -0.476 e. The summed E-state index contributed by atoms with van der Waals surface area (Å²) < 4.78 is 37.3. The summed E-state index contributed by atoms with van der Waals surface area (Å²) in [4.78, 5) is 4.38. The quantitative estimate of drug-likeness (QED) is 0.494. The molecule has 1 saturated carbocycles. The summed E-state index contributed by atoms with van der Waals surface area (Å²) in [6.07, 6.45) is 1.46. The first kappa shape index (κ1) is 21.9. The molecule has 5 rings (SSSR count). The first-order chi connectivity index (χ1) is 15.1. The topological polar surface area (TPSA) is 85.7 Å². The Labute approximate surface area is 199 Å². The number of aromatic nitrogens is 1. The first-order valence-electron chi connectivity index (χ1n) is 9.92. The van der Waals surface area contributed by atoms with Gasteiger partial charge >= 0.3 is 0 Å². The van der Waals surface area contributed by atoms with Gasteiger partial charge in [0.15, 0.2) is 11.2 Å². The molecule has 1 aromatic heterocycles. The van der Waals surface area contributed by atoms with E-state index in [1.165, 1.54) is 6.20 Å². The molecule has 2 aromatic carbocycles. The number of benzene rings is 2. The number of aliphatic hydroxyl groups is 1. The molecule has 2 aliphatic rings. The van der Waals surface area contributed by atoms with Crippen molar-refractivity contribution in [3.63, 3.8) is 0 Å². The second kappa shape index (κ2) is 7.53. The Hall–Kier alpha value is -1.97. The second-order valence-electron chi connectivity index (χ2n) is 8.10. The van der Waals surface area contributed by atoms with Crippen molar-refractivity contribution in [2.45, 2.75) is 29.6 Å². The molecule has 0 bridgehead atoms. The van der Waals surface area contributed by atoms with Crippen LogP contribution in [0.25, 0.3) is 0 Å². The molecule has 0 saturated heterocycles. The highest BCUT2D eigenvalue weighted by atomic mass is 79.9. The van der Waals surface area contributed by atoms with Gasteiger partial charge in [-0.2, -0.15) is 8.42 Å². The summed E-state index contributed by atoms with van der Waals surface area (Å²) in [5, 5.41) is 12.7. The van der Waals surface area contributed by atoms with E-state index in [1.54, 1.807) is 6.07 Å². The van der Waals surface area contributed by atoms with Gasteiger partial charge in [-0.3, -0.25) is 9.17 Å². The Bertz CT molecular complexity index is 1290. The molecule has 1 fully saturated rings. The van der Waals surface area contributed by atoms with Crippen LogP contribution in [-0.2, 0) is 25.5 Å². The average Bonchev–Trinajstić information content (AvgIpc) is 3.13. The molecule has 166 valence electrons. The van der Waals surface area contributed by atoms with Crippen molar-refractivity contribution in [1.82, 2.24) is 4.98 Å². The summed E-state index contributed by atoms with van der Waals surface area (Å²) in [5.41, 5.74) is -1.51. The lowest BCUT2D eigenvalue weighted by atomic mass is 9.72. The molecular formula is C23H19BrClNO5S. The molecule has 0 spiro atoms. The van der Waals surface area contributed by atoms with Crippen molar-refractivity contribution in [2.24, 2.45) is 0 Å². The highest BCUT2D eigenvalue weighted by Gasteiger charge is 2.74. The Morgan fingerprint density at radius 3 is 2.53 bits per heavy atom. The fourth-order valence-corrected chi connectivity index (χ4v) is 6.10. The second-order valence-corrected chi connectivity index (χ2v) is 11.1. The molecule has 1 aliphatic heterocycles. The van der Waals surface area contributed by atoms with Crippen LogP contribution in [0.5, 0.6) is 5.75 Å². The zero-order valence-electron chi connectivity index (χ0n) is 16.9. The molecule has 4 atom stereocenters. The van der Waals surface area contributed by atoms with Gasteiger partial charge in [0.1, 0.15) is 17.5 Å². The van der Waals surface area contributed by atoms with Gasteiger partial charge in [0.2, 0.25) is 0 Å². The standard InChI is InChI=1S/C23H19BrClNO5S/c1-32(28,29)31-20-12-18(14-5-3-2-4-6-14)23(15-7-9-16(24)10-8-15)22(20,27)21-19(30-23)11-17(25)13-26-21/h2-11,13,18,20,27H,12H2,1H3/t18-,20+,22+,23-/m0/s1. The van der Waals surface area contributed by atoms with Gasteiger partial charge < -0.3 is 9.84 Å².